The zero-order valence-electron chi connectivity index (χ0n) is 7.88. The van der Waals surface area contributed by atoms with Crippen molar-refractivity contribution in [2.24, 2.45) is 0 Å². The molecule has 2 heterocycles. The third-order valence-corrected chi connectivity index (χ3v) is 3.10. The van der Waals surface area contributed by atoms with Gasteiger partial charge >= 0.3 is 0 Å². The number of nitrogens with one attached hydrogen (secondary N) is 2. The number of nitrogens with zero attached hydrogens (tertiary/aromatic N) is 1. The molecule has 2 aromatic rings. The van der Waals surface area contributed by atoms with Gasteiger partial charge in [0.05, 0.1) is 0 Å². The van der Waals surface area contributed by atoms with Crippen molar-refractivity contribution in [2.75, 3.05) is 4.72 Å². The molecular formula is C8H7N3O4S. The van der Waals surface area contributed by atoms with Gasteiger partial charge in [0.2, 0.25) is 5.56 Å². The van der Waals surface area contributed by atoms with Crippen LogP contribution in [0, 0.1) is 0 Å². The zero-order chi connectivity index (χ0) is 11.6. The first-order valence-electron chi connectivity index (χ1n) is 4.20. The maximum absolute atomic E-state index is 11.7. The minimum absolute atomic E-state index is 0.0601. The molecular weight excluding hydrogens is 234 g/mol. The molecule has 0 saturated heterocycles. The van der Waals surface area contributed by atoms with E-state index in [-0.39, 0.29) is 16.3 Å². The van der Waals surface area contributed by atoms with Crippen LogP contribution in [0.2, 0.25) is 0 Å². The van der Waals surface area contributed by atoms with Crippen LogP contribution in [0.25, 0.3) is 0 Å². The van der Waals surface area contributed by atoms with Crippen LogP contribution in [-0.2, 0) is 10.0 Å². The molecule has 8 heteroatoms. The van der Waals surface area contributed by atoms with Gasteiger partial charge in [-0.25, -0.2) is 8.42 Å². The van der Waals surface area contributed by atoms with E-state index in [1.807, 2.05) is 0 Å². The van der Waals surface area contributed by atoms with Gasteiger partial charge in [-0.2, -0.15) is 0 Å². The number of hydrogen-bond donors (Lipinski definition) is 2. The van der Waals surface area contributed by atoms with Crippen LogP contribution in [0.5, 0.6) is 0 Å². The lowest BCUT2D eigenvalue weighted by molar-refractivity contribution is 0.423. The first-order chi connectivity index (χ1) is 7.58. The SMILES string of the molecule is O=c1ccc(S(=O)(=O)Nc2ccon2)c[nH]1. The first-order valence-corrected chi connectivity index (χ1v) is 5.68. The fraction of sp³-hybridized carbons (Fsp3) is 0. The number of aromatic amines is 1. The summed E-state index contributed by atoms with van der Waals surface area (Å²) in [6, 6.07) is 3.68. The molecule has 0 aliphatic rings. The van der Waals surface area contributed by atoms with E-state index in [9.17, 15) is 13.2 Å². The van der Waals surface area contributed by atoms with Gasteiger partial charge in [-0.3, -0.25) is 9.52 Å². The van der Waals surface area contributed by atoms with Crippen molar-refractivity contribution < 1.29 is 12.9 Å². The van der Waals surface area contributed by atoms with E-state index >= 15 is 0 Å². The summed E-state index contributed by atoms with van der Waals surface area (Å²) in [5.41, 5.74) is -0.375. The van der Waals surface area contributed by atoms with Gasteiger partial charge in [-0.05, 0) is 6.07 Å². The van der Waals surface area contributed by atoms with Gasteiger partial charge in [0.15, 0.2) is 5.82 Å². The van der Waals surface area contributed by atoms with Crippen LogP contribution >= 0.6 is 0 Å². The predicted molar refractivity (Wildman–Crippen MR) is 54.4 cm³/mol. The summed E-state index contributed by atoms with van der Waals surface area (Å²) in [7, 11) is -3.74. The van der Waals surface area contributed by atoms with Crippen LogP contribution in [0.15, 0.2) is 44.9 Å². The van der Waals surface area contributed by atoms with Crippen molar-refractivity contribution in [3.8, 4) is 0 Å². The number of H-pyrrole nitrogens is 1. The fourth-order valence-corrected chi connectivity index (χ4v) is 1.98. The molecule has 0 bridgehead atoms. The lowest BCUT2D eigenvalue weighted by atomic mass is 10.5. The Labute approximate surface area is 90.1 Å². The normalized spacial score (nSPS) is 11.2. The van der Waals surface area contributed by atoms with Crippen molar-refractivity contribution >= 4 is 15.8 Å². The highest BCUT2D eigenvalue weighted by Crippen LogP contribution is 2.11. The second kappa shape index (κ2) is 3.81. The first kappa shape index (κ1) is 10.4. The number of aromatic nitrogens is 2. The lowest BCUT2D eigenvalue weighted by Gasteiger charge is -2.03. The van der Waals surface area contributed by atoms with Gasteiger partial charge in [-0.1, -0.05) is 5.16 Å². The van der Waals surface area contributed by atoms with Crippen LogP contribution in [-0.4, -0.2) is 18.6 Å². The lowest BCUT2D eigenvalue weighted by Crippen LogP contribution is -2.15. The molecule has 0 aliphatic heterocycles. The highest BCUT2D eigenvalue weighted by Gasteiger charge is 2.15. The minimum atomic E-state index is -3.74. The van der Waals surface area contributed by atoms with E-state index in [0.717, 1.165) is 12.3 Å². The van der Waals surface area contributed by atoms with Crippen molar-refractivity contribution in [1.29, 1.82) is 0 Å². The molecule has 7 nitrogen and oxygen atoms in total. The average Bonchev–Trinajstić information content (AvgIpc) is 2.70. The molecule has 0 radical (unpaired) electrons. The molecule has 2 N–H and O–H groups in total. The maximum atomic E-state index is 11.7. The summed E-state index contributed by atoms with van der Waals surface area (Å²) in [4.78, 5) is 13.0. The van der Waals surface area contributed by atoms with Crippen LogP contribution in [0.1, 0.15) is 0 Å². The fourth-order valence-electron chi connectivity index (χ4n) is 1.03. The maximum Gasteiger partial charge on any atom is 0.264 e. The van der Waals surface area contributed by atoms with E-state index in [0.29, 0.717) is 0 Å². The number of anilines is 1. The van der Waals surface area contributed by atoms with Crippen LogP contribution in [0.4, 0.5) is 5.82 Å². The van der Waals surface area contributed by atoms with Gasteiger partial charge in [0, 0.05) is 18.3 Å². The summed E-state index contributed by atoms with van der Waals surface area (Å²) in [5.74, 6) is 0.0752. The molecule has 0 amide bonds. The van der Waals surface area contributed by atoms with E-state index in [2.05, 4.69) is 19.4 Å². The molecule has 84 valence electrons. The second-order valence-corrected chi connectivity index (χ2v) is 4.56. The quantitative estimate of drug-likeness (QED) is 0.796. The topological polar surface area (TPSA) is 105 Å². The molecule has 0 spiro atoms. The molecule has 0 unspecified atom stereocenters. The predicted octanol–water partition coefficient (Wildman–Crippen LogP) is 0.164. The molecule has 0 aromatic carbocycles. The van der Waals surface area contributed by atoms with E-state index in [1.54, 1.807) is 0 Å². The van der Waals surface area contributed by atoms with Gasteiger partial charge in [0.25, 0.3) is 10.0 Å². The summed E-state index contributed by atoms with van der Waals surface area (Å²) < 4.78 is 30.1. The Morgan fingerprint density at radius 2 is 2.12 bits per heavy atom. The second-order valence-electron chi connectivity index (χ2n) is 2.88. The van der Waals surface area contributed by atoms with Gasteiger partial charge in [-0.15, -0.1) is 0 Å². The van der Waals surface area contributed by atoms with Crippen LogP contribution < -0.4 is 10.3 Å². The molecule has 16 heavy (non-hydrogen) atoms. The number of hydrogen-bond acceptors (Lipinski definition) is 5. The van der Waals surface area contributed by atoms with Gasteiger partial charge in [0.1, 0.15) is 11.2 Å². The standard InChI is InChI=1S/C8H7N3O4S/c12-8-2-1-6(5-9-8)16(13,14)11-7-3-4-15-10-7/h1-5H,(H,9,12)(H,10,11). The highest BCUT2D eigenvalue weighted by molar-refractivity contribution is 7.92. The summed E-state index contributed by atoms with van der Waals surface area (Å²) >= 11 is 0. The summed E-state index contributed by atoms with van der Waals surface area (Å²) in [5, 5.41) is 3.41. The Kier molecular flexibility index (Phi) is 2.49. The number of rotatable bonds is 3. The Hall–Kier alpha value is -2.09. The number of pyridine rings is 1. The number of sulfonamides is 1. The van der Waals surface area contributed by atoms with Crippen molar-refractivity contribution in [3.63, 3.8) is 0 Å². The minimum Gasteiger partial charge on any atom is -0.363 e. The van der Waals surface area contributed by atoms with E-state index in [4.69, 9.17) is 0 Å². The van der Waals surface area contributed by atoms with E-state index < -0.39 is 10.0 Å². The summed E-state index contributed by atoms with van der Waals surface area (Å²) in [6.45, 7) is 0. The van der Waals surface area contributed by atoms with Crippen molar-refractivity contribution in [2.45, 2.75) is 4.90 Å². The smallest absolute Gasteiger partial charge is 0.264 e. The zero-order valence-corrected chi connectivity index (χ0v) is 8.69. The molecule has 2 rings (SSSR count). The van der Waals surface area contributed by atoms with Gasteiger partial charge < -0.3 is 9.51 Å². The van der Waals surface area contributed by atoms with Crippen LogP contribution in [0.3, 0.4) is 0 Å². The van der Waals surface area contributed by atoms with E-state index in [1.165, 1.54) is 18.4 Å². The van der Waals surface area contributed by atoms with Crippen molar-refractivity contribution in [3.05, 3.63) is 41.0 Å². The summed E-state index contributed by atoms with van der Waals surface area (Å²) in [6.07, 6.45) is 2.34. The molecule has 0 saturated carbocycles. The highest BCUT2D eigenvalue weighted by atomic mass is 32.2. The third-order valence-electron chi connectivity index (χ3n) is 1.74. The molecule has 2 aromatic heterocycles. The Morgan fingerprint density at radius 1 is 1.31 bits per heavy atom. The average molecular weight is 241 g/mol. The Bertz CT molecular complexity index is 609. The Balaban J connectivity index is 2.32. The monoisotopic (exact) mass is 241 g/mol. The largest absolute Gasteiger partial charge is 0.363 e. The molecule has 0 fully saturated rings. The van der Waals surface area contributed by atoms with Crippen molar-refractivity contribution in [1.82, 2.24) is 10.1 Å². The third kappa shape index (κ3) is 2.11. The molecule has 0 atom stereocenters. The molecule has 0 aliphatic carbocycles. The Morgan fingerprint density at radius 3 is 2.69 bits per heavy atom.